The highest BCUT2D eigenvalue weighted by molar-refractivity contribution is 9.10. The summed E-state index contributed by atoms with van der Waals surface area (Å²) >= 11 is 9.88. The van der Waals surface area contributed by atoms with E-state index in [1.165, 1.54) is 18.0 Å². The van der Waals surface area contributed by atoms with E-state index in [0.717, 1.165) is 4.47 Å². The Balaban J connectivity index is 2.11. The first-order chi connectivity index (χ1) is 16.5. The summed E-state index contributed by atoms with van der Waals surface area (Å²) < 4.78 is 18.2. The number of nitrogens with zero attached hydrogens (tertiary/aromatic N) is 3. The number of benzene rings is 2. The third-order valence-corrected chi connectivity index (χ3v) is 5.73. The SMILES string of the molecule is CCOc1cc(C=Nn2c(C(C)(C)C)nc3ccc(Br)cc3c2=O)cc(Cl)c1O[C@H](C)C(=O)OC. The van der Waals surface area contributed by atoms with E-state index >= 15 is 0 Å². The average Bonchev–Trinajstić information content (AvgIpc) is 2.79. The van der Waals surface area contributed by atoms with Crippen LogP contribution in [0.4, 0.5) is 0 Å². The Morgan fingerprint density at radius 1 is 1.29 bits per heavy atom. The molecule has 0 bridgehead atoms. The molecule has 0 saturated heterocycles. The van der Waals surface area contributed by atoms with Gasteiger partial charge in [0, 0.05) is 9.89 Å². The summed E-state index contributed by atoms with van der Waals surface area (Å²) in [5, 5.41) is 5.13. The Morgan fingerprint density at radius 3 is 2.63 bits per heavy atom. The van der Waals surface area contributed by atoms with Crippen LogP contribution in [-0.2, 0) is 14.9 Å². The van der Waals surface area contributed by atoms with Crippen molar-refractivity contribution in [3.8, 4) is 11.5 Å². The number of carbonyl (C=O) groups excluding carboxylic acids is 1. The van der Waals surface area contributed by atoms with E-state index in [1.807, 2.05) is 33.8 Å². The van der Waals surface area contributed by atoms with Gasteiger partial charge in [0.25, 0.3) is 5.56 Å². The van der Waals surface area contributed by atoms with Crippen molar-refractivity contribution in [3.05, 3.63) is 61.6 Å². The molecule has 0 aliphatic carbocycles. The average molecular weight is 565 g/mol. The smallest absolute Gasteiger partial charge is 0.346 e. The zero-order chi connectivity index (χ0) is 25.9. The van der Waals surface area contributed by atoms with Gasteiger partial charge in [0.15, 0.2) is 17.6 Å². The van der Waals surface area contributed by atoms with Crippen LogP contribution in [0.25, 0.3) is 10.9 Å². The van der Waals surface area contributed by atoms with Gasteiger partial charge in [-0.15, -0.1) is 0 Å². The van der Waals surface area contributed by atoms with Crippen molar-refractivity contribution < 1.29 is 19.0 Å². The molecule has 1 aromatic heterocycles. The molecular weight excluding hydrogens is 538 g/mol. The fourth-order valence-corrected chi connectivity index (χ4v) is 3.92. The van der Waals surface area contributed by atoms with Gasteiger partial charge in [-0.1, -0.05) is 48.3 Å². The minimum atomic E-state index is -0.882. The van der Waals surface area contributed by atoms with Gasteiger partial charge in [-0.05, 0) is 49.7 Å². The number of hydrogen-bond donors (Lipinski definition) is 0. The predicted octanol–water partition coefficient (Wildman–Crippen LogP) is 5.33. The molecule has 3 rings (SSSR count). The normalized spacial score (nSPS) is 12.7. The zero-order valence-electron chi connectivity index (χ0n) is 20.4. The Kier molecular flexibility index (Phi) is 8.22. The second-order valence-electron chi connectivity index (χ2n) is 8.75. The van der Waals surface area contributed by atoms with Crippen LogP contribution < -0.4 is 15.0 Å². The molecule has 0 saturated carbocycles. The number of carbonyl (C=O) groups is 1. The van der Waals surface area contributed by atoms with Gasteiger partial charge in [-0.2, -0.15) is 9.78 Å². The van der Waals surface area contributed by atoms with Gasteiger partial charge in [0.05, 0.1) is 35.9 Å². The first kappa shape index (κ1) is 26.7. The van der Waals surface area contributed by atoms with Crippen LogP contribution in [0.5, 0.6) is 11.5 Å². The number of halogens is 2. The number of methoxy groups -OCH3 is 1. The van der Waals surface area contributed by atoms with Crippen LogP contribution in [0, 0.1) is 0 Å². The van der Waals surface area contributed by atoms with E-state index in [0.29, 0.717) is 34.6 Å². The van der Waals surface area contributed by atoms with Crippen molar-refractivity contribution in [2.45, 2.75) is 46.1 Å². The predicted molar refractivity (Wildman–Crippen MR) is 140 cm³/mol. The second-order valence-corrected chi connectivity index (χ2v) is 10.1. The van der Waals surface area contributed by atoms with Crippen LogP contribution in [0.1, 0.15) is 46.0 Å². The monoisotopic (exact) mass is 563 g/mol. The summed E-state index contributed by atoms with van der Waals surface area (Å²) in [7, 11) is 1.28. The summed E-state index contributed by atoms with van der Waals surface area (Å²) in [5.41, 5.74) is 0.420. The van der Waals surface area contributed by atoms with Crippen molar-refractivity contribution in [3.63, 3.8) is 0 Å². The second kappa shape index (κ2) is 10.8. The van der Waals surface area contributed by atoms with Gasteiger partial charge < -0.3 is 14.2 Å². The molecule has 1 heterocycles. The topological polar surface area (TPSA) is 92.0 Å². The van der Waals surface area contributed by atoms with E-state index in [2.05, 4.69) is 21.0 Å². The maximum absolute atomic E-state index is 13.3. The number of hydrogen-bond acceptors (Lipinski definition) is 7. The molecule has 0 amide bonds. The van der Waals surface area contributed by atoms with E-state index in [-0.39, 0.29) is 16.3 Å². The molecule has 10 heteroatoms. The van der Waals surface area contributed by atoms with Gasteiger partial charge in [-0.3, -0.25) is 4.79 Å². The van der Waals surface area contributed by atoms with Crippen molar-refractivity contribution in [2.75, 3.05) is 13.7 Å². The Hall–Kier alpha value is -2.91. The molecule has 0 N–H and O–H groups in total. The highest BCUT2D eigenvalue weighted by Crippen LogP contribution is 2.37. The Morgan fingerprint density at radius 2 is 2.00 bits per heavy atom. The van der Waals surface area contributed by atoms with Gasteiger partial charge >= 0.3 is 5.97 Å². The largest absolute Gasteiger partial charge is 0.490 e. The first-order valence-electron chi connectivity index (χ1n) is 10.9. The van der Waals surface area contributed by atoms with Crippen LogP contribution in [-0.4, -0.2) is 41.7 Å². The first-order valence-corrected chi connectivity index (χ1v) is 12.1. The molecule has 35 heavy (non-hydrogen) atoms. The molecular formula is C25H27BrClN3O5. The van der Waals surface area contributed by atoms with Crippen LogP contribution in [0.15, 0.2) is 44.7 Å². The molecule has 0 fully saturated rings. The minimum absolute atomic E-state index is 0.216. The lowest BCUT2D eigenvalue weighted by atomic mass is 9.95. The molecule has 0 spiro atoms. The number of rotatable bonds is 7. The maximum atomic E-state index is 13.3. The lowest BCUT2D eigenvalue weighted by Crippen LogP contribution is -2.29. The maximum Gasteiger partial charge on any atom is 0.346 e. The molecule has 0 unspecified atom stereocenters. The highest BCUT2D eigenvalue weighted by Gasteiger charge is 2.23. The molecule has 186 valence electrons. The van der Waals surface area contributed by atoms with E-state index in [9.17, 15) is 9.59 Å². The van der Waals surface area contributed by atoms with Crippen LogP contribution >= 0.6 is 27.5 Å². The zero-order valence-corrected chi connectivity index (χ0v) is 22.7. The number of fused-ring (bicyclic) bond motifs is 1. The lowest BCUT2D eigenvalue weighted by Gasteiger charge is -2.21. The van der Waals surface area contributed by atoms with Crippen molar-refractivity contribution >= 4 is 50.6 Å². The third-order valence-electron chi connectivity index (χ3n) is 4.96. The quantitative estimate of drug-likeness (QED) is 0.284. The van der Waals surface area contributed by atoms with E-state index in [1.54, 1.807) is 31.2 Å². The molecule has 2 aromatic carbocycles. The highest BCUT2D eigenvalue weighted by atomic mass is 79.9. The number of aromatic nitrogens is 2. The molecule has 8 nitrogen and oxygen atoms in total. The summed E-state index contributed by atoms with van der Waals surface area (Å²) in [6.07, 6.45) is 0.622. The van der Waals surface area contributed by atoms with E-state index in [4.69, 9.17) is 30.8 Å². The third kappa shape index (κ3) is 6.02. The van der Waals surface area contributed by atoms with Crippen molar-refractivity contribution in [1.82, 2.24) is 9.66 Å². The van der Waals surface area contributed by atoms with Gasteiger partial charge in [-0.25, -0.2) is 9.78 Å². The van der Waals surface area contributed by atoms with E-state index < -0.39 is 17.5 Å². The molecule has 1 atom stereocenters. The molecule has 0 radical (unpaired) electrons. The molecule has 0 aliphatic rings. The molecule has 3 aromatic rings. The van der Waals surface area contributed by atoms with Crippen LogP contribution in [0.3, 0.4) is 0 Å². The standard InChI is InChI=1S/C25H27BrClN3O5/c1-7-34-20-11-15(10-18(27)21(20)35-14(2)23(32)33-6)13-28-30-22(31)17-12-16(26)8-9-19(17)29-24(30)25(3,4)5/h8-14H,7H2,1-6H3/t14-/m1/s1. The summed E-state index contributed by atoms with van der Waals surface area (Å²) in [4.78, 5) is 29.8. The van der Waals surface area contributed by atoms with Gasteiger partial charge in [0.1, 0.15) is 5.82 Å². The Bertz CT molecular complexity index is 1350. The summed E-state index contributed by atoms with van der Waals surface area (Å²) in [5.74, 6) is 0.518. The number of esters is 1. The lowest BCUT2D eigenvalue weighted by molar-refractivity contribution is -0.147. The van der Waals surface area contributed by atoms with Crippen molar-refractivity contribution in [1.29, 1.82) is 0 Å². The molecule has 0 aliphatic heterocycles. The minimum Gasteiger partial charge on any atom is -0.490 e. The summed E-state index contributed by atoms with van der Waals surface area (Å²) in [6.45, 7) is 9.60. The number of ether oxygens (including phenoxy) is 3. The van der Waals surface area contributed by atoms with Crippen LogP contribution in [0.2, 0.25) is 5.02 Å². The van der Waals surface area contributed by atoms with Crippen molar-refractivity contribution in [2.24, 2.45) is 5.10 Å². The summed E-state index contributed by atoms with van der Waals surface area (Å²) in [6, 6.07) is 8.65. The fourth-order valence-electron chi connectivity index (χ4n) is 3.30. The Labute approximate surface area is 217 Å². The van der Waals surface area contributed by atoms with Gasteiger partial charge in [0.2, 0.25) is 0 Å². The fraction of sp³-hybridized carbons (Fsp3) is 0.360.